The molecule has 4 atom stereocenters. The highest BCUT2D eigenvalue weighted by Crippen LogP contribution is 2.38. The van der Waals surface area contributed by atoms with Crippen LogP contribution in [-0.2, 0) is 18.9 Å². The van der Waals surface area contributed by atoms with E-state index >= 15 is 0 Å². The van der Waals surface area contributed by atoms with Crippen LogP contribution in [0.25, 0.3) is 0 Å². The van der Waals surface area contributed by atoms with E-state index < -0.39 is 5.79 Å². The van der Waals surface area contributed by atoms with Crippen molar-refractivity contribution in [2.24, 2.45) is 0 Å². The fourth-order valence-corrected chi connectivity index (χ4v) is 2.14. The maximum absolute atomic E-state index is 5.76. The Hall–Kier alpha value is -0.160. The van der Waals surface area contributed by atoms with Crippen molar-refractivity contribution in [3.63, 3.8) is 0 Å². The van der Waals surface area contributed by atoms with Gasteiger partial charge in [0.25, 0.3) is 0 Å². The molecule has 0 unspecified atom stereocenters. The Labute approximate surface area is 77.1 Å². The summed E-state index contributed by atoms with van der Waals surface area (Å²) in [6.07, 6.45) is 0.506. The zero-order valence-corrected chi connectivity index (χ0v) is 7.86. The second-order valence-electron chi connectivity index (χ2n) is 4.31. The first-order valence-electron chi connectivity index (χ1n) is 4.74. The number of epoxide rings is 1. The number of hydrogen-bond donors (Lipinski definition) is 0. The lowest BCUT2D eigenvalue weighted by atomic mass is 10.1. The number of fused-ring (bicyclic) bond motifs is 1. The molecule has 0 aromatic carbocycles. The van der Waals surface area contributed by atoms with Crippen molar-refractivity contribution >= 4 is 0 Å². The highest BCUT2D eigenvalue weighted by molar-refractivity contribution is 4.98. The van der Waals surface area contributed by atoms with E-state index in [0.717, 1.165) is 6.61 Å². The molecule has 3 aliphatic rings. The number of ether oxygens (including phenoxy) is 4. The predicted octanol–water partition coefficient (Wildman–Crippen LogP) is 0.304. The van der Waals surface area contributed by atoms with Gasteiger partial charge < -0.3 is 18.9 Å². The molecule has 3 rings (SSSR count). The van der Waals surface area contributed by atoms with Crippen LogP contribution < -0.4 is 0 Å². The molecule has 0 saturated carbocycles. The van der Waals surface area contributed by atoms with Crippen molar-refractivity contribution in [1.29, 1.82) is 0 Å². The van der Waals surface area contributed by atoms with E-state index in [-0.39, 0.29) is 24.4 Å². The Kier molecular flexibility index (Phi) is 1.54. The summed E-state index contributed by atoms with van der Waals surface area (Å²) in [5, 5.41) is 0. The maximum Gasteiger partial charge on any atom is 0.164 e. The van der Waals surface area contributed by atoms with Crippen LogP contribution in [0.2, 0.25) is 0 Å². The lowest BCUT2D eigenvalue weighted by molar-refractivity contribution is -0.176. The van der Waals surface area contributed by atoms with E-state index in [1.807, 2.05) is 13.8 Å². The second-order valence-corrected chi connectivity index (χ2v) is 4.31. The molecule has 4 heteroatoms. The Morgan fingerprint density at radius 3 is 2.38 bits per heavy atom. The van der Waals surface area contributed by atoms with Gasteiger partial charge in [-0.15, -0.1) is 0 Å². The minimum absolute atomic E-state index is 0.0718. The summed E-state index contributed by atoms with van der Waals surface area (Å²) < 4.78 is 22.2. The van der Waals surface area contributed by atoms with Crippen LogP contribution in [-0.4, -0.2) is 43.4 Å². The predicted molar refractivity (Wildman–Crippen MR) is 43.3 cm³/mol. The molecule has 0 bridgehead atoms. The summed E-state index contributed by atoms with van der Waals surface area (Å²) in [5.74, 6) is -0.452. The first-order valence-corrected chi connectivity index (χ1v) is 4.74. The van der Waals surface area contributed by atoms with E-state index in [0.29, 0.717) is 6.61 Å². The second kappa shape index (κ2) is 2.45. The first-order chi connectivity index (χ1) is 6.16. The van der Waals surface area contributed by atoms with Crippen LogP contribution in [0.1, 0.15) is 13.8 Å². The fourth-order valence-electron chi connectivity index (χ4n) is 2.14. The fraction of sp³-hybridized carbons (Fsp3) is 1.00. The molecule has 74 valence electrons. The van der Waals surface area contributed by atoms with E-state index in [1.54, 1.807) is 0 Å². The number of hydrogen-bond acceptors (Lipinski definition) is 4. The van der Waals surface area contributed by atoms with Crippen LogP contribution in [0.4, 0.5) is 0 Å². The zero-order chi connectivity index (χ0) is 9.05. The van der Waals surface area contributed by atoms with E-state index in [4.69, 9.17) is 18.9 Å². The largest absolute Gasteiger partial charge is 0.370 e. The standard InChI is InChI=1S/C9H14O4/c1-9(2)12-6-4-11-7(5-3-10-5)8(6)13-9/h5-8H,3-4H2,1-2H3/t5-,6+,7+,8-/m0/s1. The normalized spacial score (nSPS) is 52.2. The zero-order valence-electron chi connectivity index (χ0n) is 7.86. The third-order valence-corrected chi connectivity index (χ3v) is 2.72. The van der Waals surface area contributed by atoms with Crippen molar-refractivity contribution in [3.8, 4) is 0 Å². The third kappa shape index (κ3) is 1.29. The average Bonchev–Trinajstić information content (AvgIpc) is 2.72. The number of rotatable bonds is 1. The van der Waals surface area contributed by atoms with Gasteiger partial charge in [0.2, 0.25) is 0 Å². The highest BCUT2D eigenvalue weighted by atomic mass is 16.8. The van der Waals surface area contributed by atoms with Gasteiger partial charge in [0.1, 0.15) is 24.4 Å². The van der Waals surface area contributed by atoms with Gasteiger partial charge in [-0.1, -0.05) is 0 Å². The molecule has 4 nitrogen and oxygen atoms in total. The first kappa shape index (κ1) is 8.17. The molecule has 0 aromatic rings. The summed E-state index contributed by atoms with van der Waals surface area (Å²) in [4.78, 5) is 0. The van der Waals surface area contributed by atoms with Gasteiger partial charge in [0.15, 0.2) is 5.79 Å². The smallest absolute Gasteiger partial charge is 0.164 e. The molecule has 0 aliphatic carbocycles. The van der Waals surface area contributed by atoms with Crippen molar-refractivity contribution in [2.45, 2.75) is 44.1 Å². The Balaban J connectivity index is 1.76. The van der Waals surface area contributed by atoms with Crippen molar-refractivity contribution < 1.29 is 18.9 Å². The lowest BCUT2D eigenvalue weighted by Crippen LogP contribution is -2.33. The van der Waals surface area contributed by atoms with Crippen molar-refractivity contribution in [3.05, 3.63) is 0 Å². The Morgan fingerprint density at radius 2 is 1.69 bits per heavy atom. The van der Waals surface area contributed by atoms with Gasteiger partial charge in [-0.3, -0.25) is 0 Å². The molecule has 3 saturated heterocycles. The molecule has 0 radical (unpaired) electrons. The maximum atomic E-state index is 5.76. The minimum Gasteiger partial charge on any atom is -0.370 e. The molecule has 3 fully saturated rings. The SMILES string of the molecule is CC1(C)O[C@@H]2[C@@H]([C@@H]3CO3)OC[C@H]2O1. The highest BCUT2D eigenvalue weighted by Gasteiger charge is 2.55. The van der Waals surface area contributed by atoms with Crippen LogP contribution in [0.15, 0.2) is 0 Å². The minimum atomic E-state index is -0.452. The van der Waals surface area contributed by atoms with Crippen LogP contribution in [0.5, 0.6) is 0 Å². The topological polar surface area (TPSA) is 40.2 Å². The molecule has 0 aromatic heterocycles. The van der Waals surface area contributed by atoms with Gasteiger partial charge in [-0.05, 0) is 13.8 Å². The Bertz CT molecular complexity index is 224. The van der Waals surface area contributed by atoms with Gasteiger partial charge in [0.05, 0.1) is 13.2 Å². The summed E-state index contributed by atoms with van der Waals surface area (Å²) in [7, 11) is 0. The van der Waals surface area contributed by atoms with Gasteiger partial charge in [-0.2, -0.15) is 0 Å². The van der Waals surface area contributed by atoms with Crippen LogP contribution in [0.3, 0.4) is 0 Å². The molecule has 3 heterocycles. The molecular formula is C9H14O4. The quantitative estimate of drug-likeness (QED) is 0.552. The molecule has 3 aliphatic heterocycles. The van der Waals surface area contributed by atoms with Gasteiger partial charge in [0, 0.05) is 0 Å². The molecule has 0 N–H and O–H groups in total. The van der Waals surface area contributed by atoms with E-state index in [1.165, 1.54) is 0 Å². The summed E-state index contributed by atoms with van der Waals surface area (Å²) in [6, 6.07) is 0. The van der Waals surface area contributed by atoms with Crippen molar-refractivity contribution in [2.75, 3.05) is 13.2 Å². The van der Waals surface area contributed by atoms with E-state index in [2.05, 4.69) is 0 Å². The molecule has 13 heavy (non-hydrogen) atoms. The average molecular weight is 186 g/mol. The lowest BCUT2D eigenvalue weighted by Gasteiger charge is -2.20. The Morgan fingerprint density at radius 1 is 0.923 bits per heavy atom. The van der Waals surface area contributed by atoms with Gasteiger partial charge >= 0.3 is 0 Å². The third-order valence-electron chi connectivity index (χ3n) is 2.72. The van der Waals surface area contributed by atoms with Crippen LogP contribution >= 0.6 is 0 Å². The molecule has 0 spiro atoms. The molecular weight excluding hydrogens is 172 g/mol. The van der Waals surface area contributed by atoms with E-state index in [9.17, 15) is 0 Å². The molecule has 0 amide bonds. The summed E-state index contributed by atoms with van der Waals surface area (Å²) >= 11 is 0. The van der Waals surface area contributed by atoms with Gasteiger partial charge in [-0.25, -0.2) is 0 Å². The summed E-state index contributed by atoms with van der Waals surface area (Å²) in [5.41, 5.74) is 0. The summed E-state index contributed by atoms with van der Waals surface area (Å²) in [6.45, 7) is 5.32. The van der Waals surface area contributed by atoms with Crippen molar-refractivity contribution in [1.82, 2.24) is 0 Å². The monoisotopic (exact) mass is 186 g/mol. The van der Waals surface area contributed by atoms with Crippen LogP contribution in [0, 0.1) is 0 Å².